The topological polar surface area (TPSA) is 37.6 Å². The summed E-state index contributed by atoms with van der Waals surface area (Å²) in [6, 6.07) is 14.1. The van der Waals surface area contributed by atoms with Crippen LogP contribution < -0.4 is 0 Å². The first-order valence-electron chi connectivity index (χ1n) is 5.30. The predicted molar refractivity (Wildman–Crippen MR) is 61.1 cm³/mol. The van der Waals surface area contributed by atoms with E-state index >= 15 is 0 Å². The Hall–Kier alpha value is -2.03. The van der Waals surface area contributed by atoms with Crippen molar-refractivity contribution in [2.45, 2.75) is 12.6 Å². The molecule has 0 spiro atoms. The first-order valence-corrected chi connectivity index (χ1v) is 5.30. The van der Waals surface area contributed by atoms with E-state index in [1.807, 2.05) is 30.3 Å². The van der Waals surface area contributed by atoms with Gasteiger partial charge in [0.2, 0.25) is 0 Å². The van der Waals surface area contributed by atoms with Crippen LogP contribution in [-0.2, 0) is 6.54 Å². The molecule has 1 atom stereocenters. The third-order valence-electron chi connectivity index (χ3n) is 2.76. The Bertz CT molecular complexity index is 520. The van der Waals surface area contributed by atoms with Gasteiger partial charge in [-0.2, -0.15) is 10.2 Å². The van der Waals surface area contributed by atoms with E-state index in [1.54, 1.807) is 6.20 Å². The Morgan fingerprint density at radius 1 is 1.00 bits per heavy atom. The Kier molecular flexibility index (Phi) is 2.22. The maximum absolute atomic E-state index is 4.35. The number of benzene rings is 1. The second kappa shape index (κ2) is 3.85. The second-order valence-electron chi connectivity index (χ2n) is 3.77. The molecule has 0 amide bonds. The van der Waals surface area contributed by atoms with E-state index in [9.17, 15) is 0 Å². The summed E-state index contributed by atoms with van der Waals surface area (Å²) in [5, 5.41) is 8.46. The molecule has 0 saturated heterocycles. The number of nitrogens with zero attached hydrogens (tertiary/aromatic N) is 3. The molecule has 0 N–H and O–H groups in total. The maximum atomic E-state index is 4.35. The summed E-state index contributed by atoms with van der Waals surface area (Å²) in [5.74, 6) is 0. The largest absolute Gasteiger partial charge is 0.259 e. The summed E-state index contributed by atoms with van der Waals surface area (Å²) < 4.78 is 0. The minimum absolute atomic E-state index is 0.0360. The highest BCUT2D eigenvalue weighted by atomic mass is 15.1. The molecular weight excluding hydrogens is 198 g/mol. The first kappa shape index (κ1) is 9.21. The molecule has 3 nitrogen and oxygen atoms in total. The van der Waals surface area contributed by atoms with Gasteiger partial charge in [0.15, 0.2) is 0 Å². The number of hydrogen-bond donors (Lipinski definition) is 0. The molecule has 0 radical (unpaired) electrons. The van der Waals surface area contributed by atoms with Gasteiger partial charge in [-0.1, -0.05) is 30.3 Å². The van der Waals surface area contributed by atoms with Gasteiger partial charge in [0, 0.05) is 6.20 Å². The van der Waals surface area contributed by atoms with Crippen molar-refractivity contribution in [3.63, 3.8) is 0 Å². The molecule has 1 aromatic heterocycles. The van der Waals surface area contributed by atoms with Crippen LogP contribution in [0.2, 0.25) is 0 Å². The SMILES string of the molecule is c1ccc(C2N=NCc3ccccc32)nc1. The van der Waals surface area contributed by atoms with Gasteiger partial charge < -0.3 is 0 Å². The fourth-order valence-corrected chi connectivity index (χ4v) is 1.96. The lowest BCUT2D eigenvalue weighted by Crippen LogP contribution is -2.06. The summed E-state index contributed by atoms with van der Waals surface area (Å²) in [6.45, 7) is 0.680. The quantitative estimate of drug-likeness (QED) is 0.711. The van der Waals surface area contributed by atoms with Crippen LogP contribution in [0, 0.1) is 0 Å². The number of pyridine rings is 1. The maximum Gasteiger partial charge on any atom is 0.138 e. The Balaban J connectivity index is 2.09. The van der Waals surface area contributed by atoms with Gasteiger partial charge in [-0.15, -0.1) is 0 Å². The molecule has 16 heavy (non-hydrogen) atoms. The molecule has 3 heteroatoms. The number of rotatable bonds is 1. The van der Waals surface area contributed by atoms with Crippen molar-refractivity contribution in [1.82, 2.24) is 4.98 Å². The van der Waals surface area contributed by atoms with Crippen molar-refractivity contribution < 1.29 is 0 Å². The molecule has 0 bridgehead atoms. The van der Waals surface area contributed by atoms with Crippen LogP contribution in [0.1, 0.15) is 22.9 Å². The highest BCUT2D eigenvalue weighted by Crippen LogP contribution is 2.31. The highest BCUT2D eigenvalue weighted by molar-refractivity contribution is 5.36. The monoisotopic (exact) mass is 209 g/mol. The van der Waals surface area contributed by atoms with E-state index in [0.29, 0.717) is 6.54 Å². The fourth-order valence-electron chi connectivity index (χ4n) is 1.96. The highest BCUT2D eigenvalue weighted by Gasteiger charge is 2.20. The van der Waals surface area contributed by atoms with Crippen molar-refractivity contribution in [2.75, 3.05) is 0 Å². The van der Waals surface area contributed by atoms with E-state index in [1.165, 1.54) is 11.1 Å². The van der Waals surface area contributed by atoms with E-state index in [2.05, 4.69) is 27.3 Å². The number of aromatic nitrogens is 1. The summed E-state index contributed by atoms with van der Waals surface area (Å²) in [5.41, 5.74) is 3.42. The molecule has 1 unspecified atom stereocenters. The van der Waals surface area contributed by atoms with Crippen LogP contribution in [0.15, 0.2) is 58.9 Å². The van der Waals surface area contributed by atoms with Crippen LogP contribution in [0.5, 0.6) is 0 Å². The number of azo groups is 1. The summed E-state index contributed by atoms with van der Waals surface area (Å²) in [4.78, 5) is 4.35. The minimum atomic E-state index is -0.0360. The third kappa shape index (κ3) is 1.50. The molecule has 1 aromatic carbocycles. The summed E-state index contributed by atoms with van der Waals surface area (Å²) >= 11 is 0. The molecule has 78 valence electrons. The predicted octanol–water partition coefficient (Wildman–Crippen LogP) is 3.14. The molecule has 2 heterocycles. The van der Waals surface area contributed by atoms with Crippen molar-refractivity contribution in [1.29, 1.82) is 0 Å². The first-order chi connectivity index (χ1) is 7.95. The van der Waals surface area contributed by atoms with E-state index in [4.69, 9.17) is 0 Å². The van der Waals surface area contributed by atoms with E-state index in [0.717, 1.165) is 5.69 Å². The Labute approximate surface area is 93.9 Å². The van der Waals surface area contributed by atoms with Gasteiger partial charge in [0.05, 0.1) is 12.2 Å². The number of fused-ring (bicyclic) bond motifs is 1. The van der Waals surface area contributed by atoms with Crippen LogP contribution in [0.3, 0.4) is 0 Å². The Morgan fingerprint density at radius 3 is 2.75 bits per heavy atom. The molecule has 2 aromatic rings. The lowest BCUT2D eigenvalue weighted by atomic mass is 9.97. The van der Waals surface area contributed by atoms with Gasteiger partial charge >= 0.3 is 0 Å². The fraction of sp³-hybridized carbons (Fsp3) is 0.154. The molecule has 0 saturated carbocycles. The third-order valence-corrected chi connectivity index (χ3v) is 2.76. The average molecular weight is 209 g/mol. The van der Waals surface area contributed by atoms with Crippen molar-refractivity contribution >= 4 is 0 Å². The van der Waals surface area contributed by atoms with Gasteiger partial charge in [0.25, 0.3) is 0 Å². The lowest BCUT2D eigenvalue weighted by Gasteiger charge is -2.18. The minimum Gasteiger partial charge on any atom is -0.259 e. The van der Waals surface area contributed by atoms with Crippen molar-refractivity contribution in [3.8, 4) is 0 Å². The van der Waals surface area contributed by atoms with Crippen LogP contribution in [-0.4, -0.2) is 4.98 Å². The van der Waals surface area contributed by atoms with Gasteiger partial charge in [-0.3, -0.25) is 4.98 Å². The van der Waals surface area contributed by atoms with E-state index < -0.39 is 0 Å². The molecule has 1 aliphatic rings. The Morgan fingerprint density at radius 2 is 1.88 bits per heavy atom. The molecular formula is C13H11N3. The molecule has 0 fully saturated rings. The zero-order chi connectivity index (χ0) is 10.8. The zero-order valence-electron chi connectivity index (χ0n) is 8.74. The second-order valence-corrected chi connectivity index (χ2v) is 3.77. The van der Waals surface area contributed by atoms with Gasteiger partial charge in [-0.05, 0) is 23.3 Å². The number of hydrogen-bond acceptors (Lipinski definition) is 3. The normalized spacial score (nSPS) is 18.1. The van der Waals surface area contributed by atoms with Crippen LogP contribution in [0.4, 0.5) is 0 Å². The standard InChI is InChI=1S/C13H11N3/c1-2-6-11-10(5-1)9-15-16-13(11)12-7-3-4-8-14-12/h1-8,13H,9H2. The van der Waals surface area contributed by atoms with Gasteiger partial charge in [-0.25, -0.2) is 0 Å². The summed E-state index contributed by atoms with van der Waals surface area (Å²) in [6.07, 6.45) is 1.79. The molecule has 3 rings (SSSR count). The van der Waals surface area contributed by atoms with Crippen molar-refractivity contribution in [3.05, 3.63) is 65.5 Å². The molecule has 0 aliphatic carbocycles. The van der Waals surface area contributed by atoms with Gasteiger partial charge in [0.1, 0.15) is 6.04 Å². The zero-order valence-corrected chi connectivity index (χ0v) is 8.74. The van der Waals surface area contributed by atoms with E-state index in [-0.39, 0.29) is 6.04 Å². The summed E-state index contributed by atoms with van der Waals surface area (Å²) in [7, 11) is 0. The molecule has 1 aliphatic heterocycles. The average Bonchev–Trinajstić information content (AvgIpc) is 2.39. The smallest absolute Gasteiger partial charge is 0.138 e. The van der Waals surface area contributed by atoms with Crippen molar-refractivity contribution in [2.24, 2.45) is 10.2 Å². The van der Waals surface area contributed by atoms with Crippen LogP contribution >= 0.6 is 0 Å². The van der Waals surface area contributed by atoms with Crippen LogP contribution in [0.25, 0.3) is 0 Å². The lowest BCUT2D eigenvalue weighted by molar-refractivity contribution is 0.688.